The third-order valence-corrected chi connectivity index (χ3v) is 7.36. The maximum Gasteiger partial charge on any atom is 0.226 e. The van der Waals surface area contributed by atoms with Crippen molar-refractivity contribution in [3.8, 4) is 0 Å². The van der Waals surface area contributed by atoms with Crippen LogP contribution in [0.1, 0.15) is 44.1 Å². The fourth-order valence-electron chi connectivity index (χ4n) is 5.54. The summed E-state index contributed by atoms with van der Waals surface area (Å²) in [6, 6.07) is 4.87. The molecule has 0 N–H and O–H groups in total. The second kappa shape index (κ2) is 10.7. The number of hydrogen-bond donors (Lipinski definition) is 0. The van der Waals surface area contributed by atoms with Crippen LogP contribution < -0.4 is 0 Å². The van der Waals surface area contributed by atoms with Crippen molar-refractivity contribution in [2.45, 2.75) is 51.1 Å². The number of piperidine rings is 3. The Balaban J connectivity index is 1.23. The van der Waals surface area contributed by atoms with Gasteiger partial charge >= 0.3 is 0 Å². The highest BCUT2D eigenvalue weighted by molar-refractivity contribution is 5.79. The van der Waals surface area contributed by atoms with Crippen molar-refractivity contribution in [2.75, 3.05) is 53.0 Å². The summed E-state index contributed by atoms with van der Waals surface area (Å²) in [5.74, 6) is 1.23. The normalized spacial score (nSPS) is 25.5. The van der Waals surface area contributed by atoms with Gasteiger partial charge in [0.05, 0.1) is 5.92 Å². The van der Waals surface area contributed by atoms with Crippen molar-refractivity contribution in [1.29, 1.82) is 0 Å². The zero-order valence-electron chi connectivity index (χ0n) is 18.5. The third-order valence-electron chi connectivity index (χ3n) is 7.36. The Bertz CT molecular complexity index is 654. The second-order valence-corrected chi connectivity index (χ2v) is 9.42. The van der Waals surface area contributed by atoms with Crippen molar-refractivity contribution in [1.82, 2.24) is 19.7 Å². The van der Waals surface area contributed by atoms with Crippen LogP contribution in [0.2, 0.25) is 0 Å². The Hall–Kier alpha value is -1.50. The molecular weight excluding hydrogens is 376 g/mol. The number of carbonyl (C=O) groups is 1. The number of hydrogen-bond acceptors (Lipinski definition) is 5. The minimum Gasteiger partial charge on any atom is -0.384 e. The van der Waals surface area contributed by atoms with Gasteiger partial charge in [-0.1, -0.05) is 0 Å². The summed E-state index contributed by atoms with van der Waals surface area (Å²) < 4.78 is 5.30. The average Bonchev–Trinajstić information content (AvgIpc) is 2.81. The molecule has 4 rings (SSSR count). The van der Waals surface area contributed by atoms with E-state index in [2.05, 4.69) is 31.8 Å². The zero-order valence-corrected chi connectivity index (χ0v) is 18.5. The predicted octanol–water partition coefficient (Wildman–Crippen LogP) is 2.64. The van der Waals surface area contributed by atoms with Crippen LogP contribution in [0.4, 0.5) is 0 Å². The van der Waals surface area contributed by atoms with E-state index in [0.717, 1.165) is 78.1 Å². The molecule has 166 valence electrons. The van der Waals surface area contributed by atoms with Gasteiger partial charge in [0.2, 0.25) is 5.91 Å². The predicted molar refractivity (Wildman–Crippen MR) is 118 cm³/mol. The first kappa shape index (κ1) is 21.7. The van der Waals surface area contributed by atoms with E-state index in [1.54, 1.807) is 7.11 Å². The largest absolute Gasteiger partial charge is 0.384 e. The number of nitrogens with zero attached hydrogens (tertiary/aromatic N) is 4. The Morgan fingerprint density at radius 2 is 1.77 bits per heavy atom. The van der Waals surface area contributed by atoms with Crippen LogP contribution in [0.5, 0.6) is 0 Å². The van der Waals surface area contributed by atoms with E-state index in [-0.39, 0.29) is 5.92 Å². The summed E-state index contributed by atoms with van der Waals surface area (Å²) in [7, 11) is 1.78. The first-order valence-corrected chi connectivity index (χ1v) is 11.9. The molecule has 3 fully saturated rings. The molecule has 0 radical (unpaired) electrons. The van der Waals surface area contributed by atoms with Gasteiger partial charge in [0, 0.05) is 58.3 Å². The lowest BCUT2D eigenvalue weighted by molar-refractivity contribution is -0.139. The van der Waals surface area contributed by atoms with E-state index in [1.165, 1.54) is 18.4 Å². The SMILES string of the molecule is COCC1CCN(C(=O)C2CCCN(C3CCN(Cc4ccncc4)CC3)C2)CC1. The van der Waals surface area contributed by atoms with Crippen LogP contribution in [-0.2, 0) is 16.1 Å². The topological polar surface area (TPSA) is 48.9 Å². The number of likely N-dealkylation sites (tertiary alicyclic amines) is 3. The fraction of sp³-hybridized carbons (Fsp3) is 0.750. The van der Waals surface area contributed by atoms with E-state index in [4.69, 9.17) is 4.74 Å². The minimum atomic E-state index is 0.201. The Morgan fingerprint density at radius 3 is 2.47 bits per heavy atom. The standard InChI is InChI=1S/C24H38N4O2/c1-30-19-21-6-15-27(16-7-21)24(29)22-3-2-12-28(18-22)23-8-13-26(14-9-23)17-20-4-10-25-11-5-20/h4-5,10-11,21-23H,2-3,6-9,12-19H2,1H3. The Labute approximate surface area is 181 Å². The van der Waals surface area contributed by atoms with E-state index >= 15 is 0 Å². The maximum atomic E-state index is 13.2. The van der Waals surface area contributed by atoms with Crippen molar-refractivity contribution in [3.63, 3.8) is 0 Å². The summed E-state index contributed by atoms with van der Waals surface area (Å²) in [5, 5.41) is 0. The number of ether oxygens (including phenoxy) is 1. The van der Waals surface area contributed by atoms with E-state index in [1.807, 2.05) is 12.4 Å². The molecule has 1 atom stereocenters. The van der Waals surface area contributed by atoms with Crippen LogP contribution >= 0.6 is 0 Å². The third kappa shape index (κ3) is 5.59. The average molecular weight is 415 g/mol. The van der Waals surface area contributed by atoms with Crippen LogP contribution in [0, 0.1) is 11.8 Å². The number of amides is 1. The highest BCUT2D eigenvalue weighted by atomic mass is 16.5. The highest BCUT2D eigenvalue weighted by Gasteiger charge is 2.34. The van der Waals surface area contributed by atoms with E-state index in [0.29, 0.717) is 17.9 Å². The summed E-state index contributed by atoms with van der Waals surface area (Å²) >= 11 is 0. The van der Waals surface area contributed by atoms with Gasteiger partial charge in [-0.2, -0.15) is 0 Å². The summed E-state index contributed by atoms with van der Waals surface area (Å²) in [5.41, 5.74) is 1.35. The number of carbonyl (C=O) groups excluding carboxylic acids is 1. The number of methoxy groups -OCH3 is 1. The van der Waals surface area contributed by atoms with Crippen molar-refractivity contribution < 1.29 is 9.53 Å². The molecule has 0 spiro atoms. The fourth-order valence-corrected chi connectivity index (χ4v) is 5.54. The number of aromatic nitrogens is 1. The molecule has 1 unspecified atom stereocenters. The van der Waals surface area contributed by atoms with Crippen LogP contribution in [0.3, 0.4) is 0 Å². The molecule has 3 saturated heterocycles. The lowest BCUT2D eigenvalue weighted by Crippen LogP contribution is -2.52. The monoisotopic (exact) mass is 414 g/mol. The summed E-state index contributed by atoms with van der Waals surface area (Å²) in [6.45, 7) is 8.10. The lowest BCUT2D eigenvalue weighted by Gasteiger charge is -2.43. The van der Waals surface area contributed by atoms with Gasteiger partial charge in [0.25, 0.3) is 0 Å². The summed E-state index contributed by atoms with van der Waals surface area (Å²) in [6.07, 6.45) is 10.6. The molecule has 30 heavy (non-hydrogen) atoms. The van der Waals surface area contributed by atoms with E-state index < -0.39 is 0 Å². The molecule has 3 aliphatic rings. The maximum absolute atomic E-state index is 13.2. The van der Waals surface area contributed by atoms with Crippen LogP contribution in [-0.4, -0.2) is 84.6 Å². The Morgan fingerprint density at radius 1 is 1.03 bits per heavy atom. The first-order chi connectivity index (χ1) is 14.7. The van der Waals surface area contributed by atoms with Crippen molar-refractivity contribution in [2.24, 2.45) is 11.8 Å². The molecule has 6 nitrogen and oxygen atoms in total. The molecule has 0 bridgehead atoms. The van der Waals surface area contributed by atoms with Gasteiger partial charge in [0.1, 0.15) is 0 Å². The summed E-state index contributed by atoms with van der Waals surface area (Å²) in [4.78, 5) is 24.6. The van der Waals surface area contributed by atoms with Crippen LogP contribution in [0.25, 0.3) is 0 Å². The number of rotatable bonds is 6. The minimum absolute atomic E-state index is 0.201. The smallest absolute Gasteiger partial charge is 0.226 e. The molecule has 0 aromatic carbocycles. The molecule has 1 aromatic rings. The van der Waals surface area contributed by atoms with Gasteiger partial charge in [-0.15, -0.1) is 0 Å². The second-order valence-electron chi connectivity index (χ2n) is 9.42. The Kier molecular flexibility index (Phi) is 7.74. The lowest BCUT2D eigenvalue weighted by atomic mass is 9.91. The molecule has 0 saturated carbocycles. The van der Waals surface area contributed by atoms with Gasteiger partial charge in [-0.3, -0.25) is 19.6 Å². The van der Waals surface area contributed by atoms with Crippen molar-refractivity contribution >= 4 is 5.91 Å². The molecule has 1 aromatic heterocycles. The molecule has 3 aliphatic heterocycles. The van der Waals surface area contributed by atoms with E-state index in [9.17, 15) is 4.79 Å². The molecular formula is C24H38N4O2. The molecule has 6 heteroatoms. The molecule has 0 aliphatic carbocycles. The van der Waals surface area contributed by atoms with Crippen molar-refractivity contribution in [3.05, 3.63) is 30.1 Å². The van der Waals surface area contributed by atoms with Gasteiger partial charge < -0.3 is 9.64 Å². The number of pyridine rings is 1. The van der Waals surface area contributed by atoms with Crippen LogP contribution in [0.15, 0.2) is 24.5 Å². The highest BCUT2D eigenvalue weighted by Crippen LogP contribution is 2.27. The zero-order chi connectivity index (χ0) is 20.8. The van der Waals surface area contributed by atoms with Gasteiger partial charge in [-0.05, 0) is 81.8 Å². The van der Waals surface area contributed by atoms with Gasteiger partial charge in [0.15, 0.2) is 0 Å². The quantitative estimate of drug-likeness (QED) is 0.716. The molecule has 1 amide bonds. The first-order valence-electron chi connectivity index (χ1n) is 11.9. The van der Waals surface area contributed by atoms with Gasteiger partial charge in [-0.25, -0.2) is 0 Å². The molecule has 4 heterocycles.